The number of ether oxygens (including phenoxy) is 1. The Bertz CT molecular complexity index is 450. The third-order valence-electron chi connectivity index (χ3n) is 3.10. The zero-order valence-electron chi connectivity index (χ0n) is 13.5. The molecule has 0 heterocycles. The first-order valence-corrected chi connectivity index (χ1v) is 6.77. The number of benzene rings is 1. The standard InChI is InChI=1S/C17H26O2/c1-11-9-13(16(3,4)5)15(19-12(2)18)14(10-11)17(6,7)8/h9-10H,1-8H3. The summed E-state index contributed by atoms with van der Waals surface area (Å²) < 4.78 is 5.55. The molecule has 0 aromatic heterocycles. The van der Waals surface area contributed by atoms with Gasteiger partial charge in [-0.1, -0.05) is 59.2 Å². The van der Waals surface area contributed by atoms with Gasteiger partial charge in [0.25, 0.3) is 0 Å². The quantitative estimate of drug-likeness (QED) is 0.549. The van der Waals surface area contributed by atoms with E-state index in [1.54, 1.807) is 0 Å². The summed E-state index contributed by atoms with van der Waals surface area (Å²) in [4.78, 5) is 11.4. The van der Waals surface area contributed by atoms with Crippen LogP contribution < -0.4 is 4.74 Å². The minimum Gasteiger partial charge on any atom is -0.426 e. The van der Waals surface area contributed by atoms with Crippen LogP contribution in [0.2, 0.25) is 0 Å². The highest BCUT2D eigenvalue weighted by atomic mass is 16.5. The molecule has 2 nitrogen and oxygen atoms in total. The number of aryl methyl sites for hydroxylation is 1. The van der Waals surface area contributed by atoms with E-state index in [0.29, 0.717) is 0 Å². The minimum atomic E-state index is -0.264. The molecule has 0 aliphatic rings. The molecule has 0 unspecified atom stereocenters. The average Bonchev–Trinajstić information content (AvgIpc) is 2.16. The van der Waals surface area contributed by atoms with E-state index in [9.17, 15) is 4.79 Å². The molecule has 0 amide bonds. The predicted molar refractivity (Wildman–Crippen MR) is 79.9 cm³/mol. The third-order valence-corrected chi connectivity index (χ3v) is 3.10. The molecule has 0 N–H and O–H groups in total. The lowest BCUT2D eigenvalue weighted by molar-refractivity contribution is -0.132. The Kier molecular flexibility index (Phi) is 4.14. The summed E-state index contributed by atoms with van der Waals surface area (Å²) in [5.74, 6) is 0.470. The van der Waals surface area contributed by atoms with Gasteiger partial charge < -0.3 is 4.74 Å². The highest BCUT2D eigenvalue weighted by Gasteiger charge is 2.28. The van der Waals surface area contributed by atoms with Crippen LogP contribution in [0.4, 0.5) is 0 Å². The zero-order chi connectivity index (χ0) is 15.0. The molecule has 1 aromatic rings. The maximum absolute atomic E-state index is 11.4. The summed E-state index contributed by atoms with van der Waals surface area (Å²) in [5.41, 5.74) is 3.26. The molecule has 0 aliphatic carbocycles. The van der Waals surface area contributed by atoms with Crippen molar-refractivity contribution in [3.05, 3.63) is 28.8 Å². The summed E-state index contributed by atoms with van der Waals surface area (Å²) in [7, 11) is 0. The first-order valence-electron chi connectivity index (χ1n) is 6.77. The molecule has 0 bridgehead atoms. The highest BCUT2D eigenvalue weighted by Crippen LogP contribution is 2.40. The van der Waals surface area contributed by atoms with Gasteiger partial charge in [-0.2, -0.15) is 0 Å². The number of rotatable bonds is 1. The lowest BCUT2D eigenvalue weighted by atomic mass is 9.78. The van der Waals surface area contributed by atoms with Gasteiger partial charge in [-0.05, 0) is 17.8 Å². The van der Waals surface area contributed by atoms with Crippen LogP contribution in [0.3, 0.4) is 0 Å². The highest BCUT2D eigenvalue weighted by molar-refractivity contribution is 5.71. The van der Waals surface area contributed by atoms with Gasteiger partial charge in [0.2, 0.25) is 0 Å². The van der Waals surface area contributed by atoms with Crippen LogP contribution in [0.15, 0.2) is 12.1 Å². The van der Waals surface area contributed by atoms with Crippen molar-refractivity contribution >= 4 is 5.97 Å². The molecular formula is C17H26O2. The van der Waals surface area contributed by atoms with Crippen molar-refractivity contribution in [1.82, 2.24) is 0 Å². The van der Waals surface area contributed by atoms with Crippen LogP contribution in [0.25, 0.3) is 0 Å². The molecule has 0 fully saturated rings. The molecule has 0 aliphatic heterocycles. The van der Waals surface area contributed by atoms with Gasteiger partial charge in [0, 0.05) is 18.1 Å². The summed E-state index contributed by atoms with van der Waals surface area (Å²) in [6, 6.07) is 4.24. The molecule has 2 heteroatoms. The van der Waals surface area contributed by atoms with Crippen molar-refractivity contribution in [3.8, 4) is 5.75 Å². The molecule has 1 rings (SSSR count). The molecule has 0 atom stereocenters. The van der Waals surface area contributed by atoms with Crippen LogP contribution in [0.1, 0.15) is 65.2 Å². The number of esters is 1. The van der Waals surface area contributed by atoms with Crippen LogP contribution in [-0.4, -0.2) is 5.97 Å². The fourth-order valence-corrected chi connectivity index (χ4v) is 2.14. The van der Waals surface area contributed by atoms with E-state index in [2.05, 4.69) is 60.6 Å². The maximum atomic E-state index is 11.4. The second-order valence-electron chi connectivity index (χ2n) is 7.28. The first-order chi connectivity index (χ1) is 8.43. The smallest absolute Gasteiger partial charge is 0.308 e. The SMILES string of the molecule is CC(=O)Oc1c(C(C)(C)C)cc(C)cc1C(C)(C)C. The van der Waals surface area contributed by atoms with E-state index in [1.807, 2.05) is 0 Å². The van der Waals surface area contributed by atoms with Crippen LogP contribution >= 0.6 is 0 Å². The Balaban J connectivity index is 3.63. The van der Waals surface area contributed by atoms with E-state index < -0.39 is 0 Å². The van der Waals surface area contributed by atoms with Gasteiger partial charge in [-0.3, -0.25) is 4.79 Å². The summed E-state index contributed by atoms with van der Waals surface area (Å²) in [6.45, 7) is 16.4. The minimum absolute atomic E-state index is 0.0587. The van der Waals surface area contributed by atoms with Crippen LogP contribution in [0, 0.1) is 6.92 Å². The average molecular weight is 262 g/mol. The van der Waals surface area contributed by atoms with E-state index in [-0.39, 0.29) is 16.8 Å². The topological polar surface area (TPSA) is 26.3 Å². The van der Waals surface area contributed by atoms with Crippen LogP contribution in [0.5, 0.6) is 5.75 Å². The lowest BCUT2D eigenvalue weighted by Crippen LogP contribution is -2.21. The molecule has 0 radical (unpaired) electrons. The molecule has 0 saturated heterocycles. The lowest BCUT2D eigenvalue weighted by Gasteiger charge is -2.29. The van der Waals surface area contributed by atoms with Gasteiger partial charge in [0.1, 0.15) is 5.75 Å². The molecule has 0 spiro atoms. The summed E-state index contributed by atoms with van der Waals surface area (Å²) >= 11 is 0. The van der Waals surface area contributed by atoms with Gasteiger partial charge in [0.05, 0.1) is 0 Å². The Labute approximate surface area is 117 Å². The van der Waals surface area contributed by atoms with Crippen molar-refractivity contribution in [2.75, 3.05) is 0 Å². The fourth-order valence-electron chi connectivity index (χ4n) is 2.14. The number of hydrogen-bond acceptors (Lipinski definition) is 2. The normalized spacial score (nSPS) is 12.4. The molecule has 0 saturated carbocycles. The van der Waals surface area contributed by atoms with Crippen molar-refractivity contribution in [2.24, 2.45) is 0 Å². The third kappa shape index (κ3) is 3.82. The van der Waals surface area contributed by atoms with Crippen molar-refractivity contribution < 1.29 is 9.53 Å². The fraction of sp³-hybridized carbons (Fsp3) is 0.588. The van der Waals surface area contributed by atoms with Crippen molar-refractivity contribution in [2.45, 2.75) is 66.2 Å². The van der Waals surface area contributed by atoms with Gasteiger partial charge in [0.15, 0.2) is 0 Å². The van der Waals surface area contributed by atoms with Crippen molar-refractivity contribution in [3.63, 3.8) is 0 Å². The monoisotopic (exact) mass is 262 g/mol. The van der Waals surface area contributed by atoms with Gasteiger partial charge in [-0.25, -0.2) is 0 Å². The zero-order valence-corrected chi connectivity index (χ0v) is 13.5. The maximum Gasteiger partial charge on any atom is 0.308 e. The Morgan fingerprint density at radius 3 is 1.58 bits per heavy atom. The predicted octanol–water partition coefficient (Wildman–Crippen LogP) is 4.52. The molecule has 1 aromatic carbocycles. The van der Waals surface area contributed by atoms with Crippen molar-refractivity contribution in [1.29, 1.82) is 0 Å². The van der Waals surface area contributed by atoms with E-state index in [4.69, 9.17) is 4.74 Å². The van der Waals surface area contributed by atoms with Crippen LogP contribution in [-0.2, 0) is 15.6 Å². The molecule has 106 valence electrons. The van der Waals surface area contributed by atoms with E-state index in [1.165, 1.54) is 12.5 Å². The molecule has 19 heavy (non-hydrogen) atoms. The van der Waals surface area contributed by atoms with Gasteiger partial charge >= 0.3 is 5.97 Å². The Morgan fingerprint density at radius 2 is 1.32 bits per heavy atom. The van der Waals surface area contributed by atoms with Gasteiger partial charge in [-0.15, -0.1) is 0 Å². The first kappa shape index (κ1) is 15.7. The number of hydrogen-bond donors (Lipinski definition) is 0. The van der Waals surface area contributed by atoms with E-state index >= 15 is 0 Å². The Morgan fingerprint density at radius 1 is 0.947 bits per heavy atom. The second-order valence-corrected chi connectivity index (χ2v) is 7.28. The number of carbonyl (C=O) groups is 1. The largest absolute Gasteiger partial charge is 0.426 e. The summed E-state index contributed by atoms with van der Waals surface area (Å²) in [6.07, 6.45) is 0. The number of carbonyl (C=O) groups excluding carboxylic acids is 1. The summed E-state index contributed by atoms with van der Waals surface area (Å²) in [5, 5.41) is 0. The van der Waals surface area contributed by atoms with E-state index in [0.717, 1.165) is 16.9 Å². The molecular weight excluding hydrogens is 236 g/mol. The Hall–Kier alpha value is -1.31. The second kappa shape index (κ2) is 4.99.